The molecular weight excluding hydrogens is 346 g/mol. The summed E-state index contributed by atoms with van der Waals surface area (Å²) in [6.45, 7) is 0. The number of nitro groups is 1. The number of rotatable bonds is 5. The summed E-state index contributed by atoms with van der Waals surface area (Å²) in [5.41, 5.74) is -1.33. The molecule has 0 spiro atoms. The predicted molar refractivity (Wildman–Crippen MR) is 77.6 cm³/mol. The summed E-state index contributed by atoms with van der Waals surface area (Å²) >= 11 is 0. The summed E-state index contributed by atoms with van der Waals surface area (Å²) in [4.78, 5) is 20.1. The highest BCUT2D eigenvalue weighted by Gasteiger charge is 2.29. The number of benzene rings is 2. The van der Waals surface area contributed by atoms with Gasteiger partial charge in [-0.3, -0.25) is 10.1 Å². The molecule has 2 aromatic rings. The van der Waals surface area contributed by atoms with Crippen molar-refractivity contribution in [3.8, 4) is 17.2 Å². The summed E-state index contributed by atoms with van der Waals surface area (Å²) in [6, 6.07) is 5.64. The Hall–Kier alpha value is -3.34. The van der Waals surface area contributed by atoms with Crippen LogP contribution < -0.4 is 4.18 Å². The normalized spacial score (nSPS) is 11.0. The van der Waals surface area contributed by atoms with Crippen molar-refractivity contribution in [2.75, 3.05) is 0 Å². The Morgan fingerprint density at radius 3 is 2.38 bits per heavy atom. The maximum Gasteiger partial charge on any atom is 0.346 e. The second-order valence-corrected chi connectivity index (χ2v) is 5.92. The topological polar surface area (TPSA) is 164 Å². The van der Waals surface area contributed by atoms with Gasteiger partial charge in [-0.15, -0.1) is 0 Å². The van der Waals surface area contributed by atoms with Gasteiger partial charge in [0.15, 0.2) is 16.4 Å². The number of para-hydroxylation sites is 1. The van der Waals surface area contributed by atoms with E-state index in [2.05, 4.69) is 4.18 Å². The van der Waals surface area contributed by atoms with Gasteiger partial charge in [0.05, 0.1) is 10.5 Å². The number of nitro benzene ring substituents is 1. The average Bonchev–Trinajstić information content (AvgIpc) is 2.51. The first-order valence-electron chi connectivity index (χ1n) is 6.10. The van der Waals surface area contributed by atoms with Crippen LogP contribution in [-0.4, -0.2) is 34.6 Å². The molecule has 24 heavy (non-hydrogen) atoms. The molecule has 0 bridgehead atoms. The first-order valence-corrected chi connectivity index (χ1v) is 7.51. The van der Waals surface area contributed by atoms with Crippen LogP contribution in [0.1, 0.15) is 10.4 Å². The standard InChI is InChI=1S/C13H9NO9S/c15-9-5-7(13(17)18)6-10(12(9)16)23-24(21,22)11-4-2-1-3-8(11)14(19)20/h1-6,15-16H,(H,17,18). The third-order valence-electron chi connectivity index (χ3n) is 2.83. The van der Waals surface area contributed by atoms with Crippen molar-refractivity contribution in [3.63, 3.8) is 0 Å². The van der Waals surface area contributed by atoms with Crippen LogP contribution >= 0.6 is 0 Å². The van der Waals surface area contributed by atoms with Crippen LogP contribution in [0.5, 0.6) is 17.2 Å². The lowest BCUT2D eigenvalue weighted by molar-refractivity contribution is -0.387. The third-order valence-corrected chi connectivity index (χ3v) is 4.12. The minimum absolute atomic E-state index is 0.557. The summed E-state index contributed by atoms with van der Waals surface area (Å²) in [7, 11) is -4.78. The second kappa shape index (κ2) is 6.04. The van der Waals surface area contributed by atoms with Gasteiger partial charge in [0, 0.05) is 12.1 Å². The molecule has 10 nitrogen and oxygen atoms in total. The lowest BCUT2D eigenvalue weighted by Crippen LogP contribution is -2.12. The molecule has 0 amide bonds. The van der Waals surface area contributed by atoms with Crippen LogP contribution in [0.25, 0.3) is 0 Å². The Labute approximate surface area is 134 Å². The number of carboxylic acids is 1. The fourth-order valence-electron chi connectivity index (χ4n) is 1.76. The van der Waals surface area contributed by atoms with Crippen molar-refractivity contribution in [3.05, 3.63) is 52.1 Å². The first kappa shape index (κ1) is 17.0. The number of carbonyl (C=O) groups is 1. The zero-order chi connectivity index (χ0) is 18.1. The molecule has 0 fully saturated rings. The van der Waals surface area contributed by atoms with Gasteiger partial charge in [-0.05, 0) is 12.1 Å². The first-order chi connectivity index (χ1) is 11.1. The number of hydrogen-bond acceptors (Lipinski definition) is 8. The molecule has 0 aliphatic rings. The molecule has 0 radical (unpaired) electrons. The molecule has 0 heterocycles. The van der Waals surface area contributed by atoms with E-state index in [1.54, 1.807) is 0 Å². The van der Waals surface area contributed by atoms with E-state index in [4.69, 9.17) is 5.11 Å². The van der Waals surface area contributed by atoms with Gasteiger partial charge < -0.3 is 19.5 Å². The van der Waals surface area contributed by atoms with E-state index >= 15 is 0 Å². The molecule has 11 heteroatoms. The SMILES string of the molecule is O=C(O)c1cc(O)c(O)c(OS(=O)(=O)c2ccccc2[N+](=O)[O-])c1. The fraction of sp³-hybridized carbons (Fsp3) is 0. The molecule has 0 atom stereocenters. The fourth-order valence-corrected chi connectivity index (χ4v) is 2.86. The molecule has 3 N–H and O–H groups in total. The number of carboxylic acid groups (broad SMARTS) is 1. The largest absolute Gasteiger partial charge is 0.504 e. The Morgan fingerprint density at radius 2 is 1.79 bits per heavy atom. The molecule has 0 aromatic heterocycles. The van der Waals surface area contributed by atoms with Crippen LogP contribution in [0.3, 0.4) is 0 Å². The quantitative estimate of drug-likeness (QED) is 0.311. The number of phenolic OH excluding ortho intramolecular Hbond substituents is 2. The lowest BCUT2D eigenvalue weighted by Gasteiger charge is -2.10. The zero-order valence-electron chi connectivity index (χ0n) is 11.6. The molecule has 0 saturated carbocycles. The van der Waals surface area contributed by atoms with Crippen molar-refractivity contribution in [1.29, 1.82) is 0 Å². The lowest BCUT2D eigenvalue weighted by atomic mass is 10.2. The van der Waals surface area contributed by atoms with Gasteiger partial charge in [-0.25, -0.2) is 4.79 Å². The average molecular weight is 355 g/mol. The van der Waals surface area contributed by atoms with Crippen molar-refractivity contribution in [1.82, 2.24) is 0 Å². The van der Waals surface area contributed by atoms with E-state index in [1.165, 1.54) is 12.1 Å². The summed E-state index contributed by atoms with van der Waals surface area (Å²) in [5.74, 6) is -4.35. The predicted octanol–water partition coefficient (Wildman–Crippen LogP) is 1.47. The minimum atomic E-state index is -4.78. The number of nitrogens with zero attached hydrogens (tertiary/aromatic N) is 1. The van der Waals surface area contributed by atoms with E-state index in [0.29, 0.717) is 12.1 Å². The van der Waals surface area contributed by atoms with Crippen LogP contribution in [0.4, 0.5) is 5.69 Å². The zero-order valence-corrected chi connectivity index (χ0v) is 12.4. The highest BCUT2D eigenvalue weighted by Crippen LogP contribution is 2.38. The molecule has 0 unspecified atom stereocenters. The Kier molecular flexibility index (Phi) is 4.28. The van der Waals surface area contributed by atoms with Crippen LogP contribution in [-0.2, 0) is 10.1 Å². The molecule has 126 valence electrons. The van der Waals surface area contributed by atoms with Gasteiger partial charge in [0.1, 0.15) is 0 Å². The second-order valence-electron chi connectivity index (χ2n) is 4.41. The summed E-state index contributed by atoms with van der Waals surface area (Å²) in [6.07, 6.45) is 0. The molecule has 2 aromatic carbocycles. The van der Waals surface area contributed by atoms with Gasteiger partial charge in [0.2, 0.25) is 5.75 Å². The Morgan fingerprint density at radius 1 is 1.17 bits per heavy atom. The van der Waals surface area contributed by atoms with Crippen molar-refractivity contribution in [2.24, 2.45) is 0 Å². The molecular formula is C13H9NO9S. The summed E-state index contributed by atoms with van der Waals surface area (Å²) in [5, 5.41) is 38.8. The van der Waals surface area contributed by atoms with Crippen molar-refractivity contribution < 1.29 is 37.6 Å². The smallest absolute Gasteiger partial charge is 0.346 e. The van der Waals surface area contributed by atoms with Crippen LogP contribution in [0.2, 0.25) is 0 Å². The monoisotopic (exact) mass is 355 g/mol. The van der Waals surface area contributed by atoms with E-state index < -0.39 is 54.4 Å². The van der Waals surface area contributed by atoms with E-state index in [1.807, 2.05) is 0 Å². The van der Waals surface area contributed by atoms with Crippen LogP contribution in [0.15, 0.2) is 41.3 Å². The maximum atomic E-state index is 12.2. The van der Waals surface area contributed by atoms with E-state index in [9.17, 15) is 33.5 Å². The van der Waals surface area contributed by atoms with Crippen LogP contribution in [0, 0.1) is 10.1 Å². The Balaban J connectivity index is 2.55. The number of aromatic carboxylic acids is 1. The van der Waals surface area contributed by atoms with E-state index in [0.717, 1.165) is 12.1 Å². The van der Waals surface area contributed by atoms with Gasteiger partial charge >= 0.3 is 16.1 Å². The minimum Gasteiger partial charge on any atom is -0.504 e. The number of phenols is 2. The molecule has 0 aliphatic carbocycles. The maximum absolute atomic E-state index is 12.2. The molecule has 0 saturated heterocycles. The highest BCUT2D eigenvalue weighted by atomic mass is 32.2. The highest BCUT2D eigenvalue weighted by molar-refractivity contribution is 7.87. The van der Waals surface area contributed by atoms with Gasteiger partial charge in [0.25, 0.3) is 5.69 Å². The molecule has 0 aliphatic heterocycles. The summed E-state index contributed by atoms with van der Waals surface area (Å²) < 4.78 is 29.0. The van der Waals surface area contributed by atoms with Crippen molar-refractivity contribution >= 4 is 21.8 Å². The number of hydrogen-bond donors (Lipinski definition) is 3. The van der Waals surface area contributed by atoms with Crippen molar-refractivity contribution in [2.45, 2.75) is 4.90 Å². The Bertz CT molecular complexity index is 936. The third kappa shape index (κ3) is 3.20. The van der Waals surface area contributed by atoms with Gasteiger partial charge in [-0.2, -0.15) is 8.42 Å². The van der Waals surface area contributed by atoms with Gasteiger partial charge in [-0.1, -0.05) is 12.1 Å². The molecule has 2 rings (SSSR count). The van der Waals surface area contributed by atoms with E-state index in [-0.39, 0.29) is 0 Å². The number of aromatic hydroxyl groups is 2.